The van der Waals surface area contributed by atoms with Gasteiger partial charge in [-0.2, -0.15) is 0 Å². The van der Waals surface area contributed by atoms with Gasteiger partial charge in [-0.1, -0.05) is 30.3 Å². The second-order valence-corrected chi connectivity index (χ2v) is 6.56. The maximum Gasteiger partial charge on any atom is 0.339 e. The summed E-state index contributed by atoms with van der Waals surface area (Å²) in [4.78, 5) is 14.7. The van der Waals surface area contributed by atoms with Crippen LogP contribution in [0.2, 0.25) is 0 Å². The van der Waals surface area contributed by atoms with Crippen LogP contribution in [0.3, 0.4) is 0 Å². The van der Waals surface area contributed by atoms with Crippen molar-refractivity contribution in [3.63, 3.8) is 0 Å². The van der Waals surface area contributed by atoms with Crippen LogP contribution in [0, 0.1) is 0 Å². The largest absolute Gasteiger partial charge is 0.497 e. The lowest BCUT2D eigenvalue weighted by Crippen LogP contribution is -2.42. The number of hydrogen-bond acceptors (Lipinski definition) is 4. The molecule has 2 aromatic rings. The van der Waals surface area contributed by atoms with Gasteiger partial charge in [0, 0.05) is 38.0 Å². The molecule has 4 nitrogen and oxygen atoms in total. The Bertz CT molecular complexity index is 749. The summed E-state index contributed by atoms with van der Waals surface area (Å²) in [7, 11) is 1.65. The molecule has 0 amide bonds. The minimum Gasteiger partial charge on any atom is -0.497 e. The van der Waals surface area contributed by atoms with Gasteiger partial charge in [-0.25, -0.2) is 4.79 Å². The average molecular weight is 323 g/mol. The van der Waals surface area contributed by atoms with Crippen molar-refractivity contribution in [2.24, 2.45) is 0 Å². The van der Waals surface area contributed by atoms with E-state index in [9.17, 15) is 4.79 Å². The number of esters is 1. The van der Waals surface area contributed by atoms with E-state index < -0.39 is 5.60 Å². The minimum atomic E-state index is -0.478. The number of hydrogen-bond donors (Lipinski definition) is 0. The Balaban J connectivity index is 1.52. The van der Waals surface area contributed by atoms with Crippen LogP contribution >= 0.6 is 0 Å². The van der Waals surface area contributed by atoms with Crippen LogP contribution in [-0.4, -0.2) is 31.1 Å². The molecular weight excluding hydrogens is 302 g/mol. The maximum absolute atomic E-state index is 12.2. The van der Waals surface area contributed by atoms with Gasteiger partial charge in [-0.3, -0.25) is 4.90 Å². The fourth-order valence-electron chi connectivity index (χ4n) is 3.78. The third-order valence-corrected chi connectivity index (χ3v) is 5.14. The molecule has 0 unspecified atom stereocenters. The normalized spacial score (nSPS) is 19.1. The lowest BCUT2D eigenvalue weighted by Gasteiger charge is -2.38. The third kappa shape index (κ3) is 2.57. The Hall–Kier alpha value is -2.33. The zero-order valence-electron chi connectivity index (χ0n) is 13.8. The zero-order valence-corrected chi connectivity index (χ0v) is 13.8. The van der Waals surface area contributed by atoms with E-state index in [1.807, 2.05) is 24.3 Å². The van der Waals surface area contributed by atoms with E-state index in [0.29, 0.717) is 5.56 Å². The molecule has 0 bridgehead atoms. The Morgan fingerprint density at radius 3 is 2.58 bits per heavy atom. The van der Waals surface area contributed by atoms with Crippen molar-refractivity contribution >= 4 is 5.97 Å². The molecule has 0 saturated carbocycles. The predicted molar refractivity (Wildman–Crippen MR) is 91.0 cm³/mol. The number of carbonyl (C=O) groups is 1. The van der Waals surface area contributed by atoms with Gasteiger partial charge < -0.3 is 9.47 Å². The standard InChI is InChI=1S/C20H21NO3/c1-23-16-7-8-17-18(13-16)20(24-19(17)22)9-11-21(12-10-20)14-15-5-3-2-4-6-15/h2-8,13H,9-12,14H2,1H3. The molecule has 0 aliphatic carbocycles. The highest BCUT2D eigenvalue weighted by Gasteiger charge is 2.47. The van der Waals surface area contributed by atoms with Crippen molar-refractivity contribution in [2.75, 3.05) is 20.2 Å². The van der Waals surface area contributed by atoms with Crippen LogP contribution in [0.25, 0.3) is 0 Å². The van der Waals surface area contributed by atoms with Gasteiger partial charge >= 0.3 is 5.97 Å². The van der Waals surface area contributed by atoms with E-state index in [1.54, 1.807) is 7.11 Å². The Labute approximate surface area is 142 Å². The van der Waals surface area contributed by atoms with Crippen molar-refractivity contribution in [1.29, 1.82) is 0 Å². The first-order valence-electron chi connectivity index (χ1n) is 8.38. The summed E-state index contributed by atoms with van der Waals surface area (Å²) in [6.45, 7) is 2.77. The Morgan fingerprint density at radius 1 is 1.12 bits per heavy atom. The first-order chi connectivity index (χ1) is 11.7. The van der Waals surface area contributed by atoms with Crippen molar-refractivity contribution in [3.05, 3.63) is 65.2 Å². The predicted octanol–water partition coefficient (Wildman–Crippen LogP) is 3.36. The lowest BCUT2D eigenvalue weighted by molar-refractivity contribution is -0.0441. The highest BCUT2D eigenvalue weighted by Crippen LogP contribution is 2.45. The molecule has 1 saturated heterocycles. The highest BCUT2D eigenvalue weighted by atomic mass is 16.6. The number of benzene rings is 2. The summed E-state index contributed by atoms with van der Waals surface area (Å²) in [5.41, 5.74) is 2.52. The van der Waals surface area contributed by atoms with E-state index in [4.69, 9.17) is 9.47 Å². The highest BCUT2D eigenvalue weighted by molar-refractivity contribution is 5.95. The van der Waals surface area contributed by atoms with Crippen LogP contribution in [0.4, 0.5) is 0 Å². The SMILES string of the molecule is COc1ccc2c(c1)C1(CCN(Cc3ccccc3)CC1)OC2=O. The van der Waals surface area contributed by atoms with Crippen molar-refractivity contribution in [1.82, 2.24) is 4.90 Å². The van der Waals surface area contributed by atoms with Crippen molar-refractivity contribution in [3.8, 4) is 5.75 Å². The summed E-state index contributed by atoms with van der Waals surface area (Å²) >= 11 is 0. The fourth-order valence-corrected chi connectivity index (χ4v) is 3.78. The van der Waals surface area contributed by atoms with Crippen molar-refractivity contribution in [2.45, 2.75) is 25.0 Å². The van der Waals surface area contributed by atoms with Gasteiger partial charge in [0.05, 0.1) is 12.7 Å². The fraction of sp³-hybridized carbons (Fsp3) is 0.350. The van der Waals surface area contributed by atoms with E-state index in [1.165, 1.54) is 5.56 Å². The molecule has 2 heterocycles. The number of likely N-dealkylation sites (tertiary alicyclic amines) is 1. The second kappa shape index (κ2) is 5.95. The van der Waals surface area contributed by atoms with Gasteiger partial charge in [0.1, 0.15) is 11.4 Å². The molecule has 0 atom stereocenters. The molecule has 1 fully saturated rings. The number of carbonyl (C=O) groups excluding carboxylic acids is 1. The van der Waals surface area contributed by atoms with Gasteiger partial charge in [-0.15, -0.1) is 0 Å². The molecule has 0 N–H and O–H groups in total. The molecule has 2 aromatic carbocycles. The van der Waals surface area contributed by atoms with Gasteiger partial charge in [-0.05, 0) is 23.8 Å². The number of fused-ring (bicyclic) bond motifs is 2. The summed E-state index contributed by atoms with van der Waals surface area (Å²) in [6, 6.07) is 16.1. The maximum atomic E-state index is 12.2. The molecule has 2 aliphatic rings. The number of rotatable bonds is 3. The van der Waals surface area contributed by atoms with Crippen LogP contribution in [0.1, 0.15) is 34.3 Å². The van der Waals surface area contributed by atoms with E-state index in [-0.39, 0.29) is 5.97 Å². The molecule has 4 rings (SSSR count). The lowest BCUT2D eigenvalue weighted by atomic mass is 9.83. The van der Waals surface area contributed by atoms with Crippen LogP contribution in [-0.2, 0) is 16.9 Å². The summed E-state index contributed by atoms with van der Waals surface area (Å²) in [5, 5.41) is 0. The first kappa shape index (κ1) is 15.2. The van der Waals surface area contributed by atoms with Crippen LogP contribution in [0.15, 0.2) is 48.5 Å². The average Bonchev–Trinajstić information content (AvgIpc) is 2.89. The van der Waals surface area contributed by atoms with E-state index in [0.717, 1.165) is 43.8 Å². The monoisotopic (exact) mass is 323 g/mol. The Morgan fingerprint density at radius 2 is 1.88 bits per heavy atom. The van der Waals surface area contributed by atoms with Crippen LogP contribution < -0.4 is 4.74 Å². The molecule has 124 valence electrons. The number of nitrogens with zero attached hydrogens (tertiary/aromatic N) is 1. The van der Waals surface area contributed by atoms with Gasteiger partial charge in [0.2, 0.25) is 0 Å². The first-order valence-corrected chi connectivity index (χ1v) is 8.38. The number of ether oxygens (including phenoxy) is 2. The molecule has 0 aromatic heterocycles. The molecule has 2 aliphatic heterocycles. The zero-order chi connectivity index (χ0) is 16.6. The smallest absolute Gasteiger partial charge is 0.339 e. The Kier molecular flexibility index (Phi) is 3.77. The van der Waals surface area contributed by atoms with Gasteiger partial charge in [0.15, 0.2) is 0 Å². The topological polar surface area (TPSA) is 38.8 Å². The van der Waals surface area contributed by atoms with Crippen LogP contribution in [0.5, 0.6) is 5.75 Å². The second-order valence-electron chi connectivity index (χ2n) is 6.56. The third-order valence-electron chi connectivity index (χ3n) is 5.14. The molecule has 1 spiro atoms. The molecule has 24 heavy (non-hydrogen) atoms. The summed E-state index contributed by atoms with van der Waals surface area (Å²) in [6.07, 6.45) is 1.65. The molecular formula is C20H21NO3. The van der Waals surface area contributed by atoms with Crippen molar-refractivity contribution < 1.29 is 14.3 Å². The van der Waals surface area contributed by atoms with E-state index >= 15 is 0 Å². The summed E-state index contributed by atoms with van der Waals surface area (Å²) in [5.74, 6) is 0.572. The summed E-state index contributed by atoms with van der Waals surface area (Å²) < 4.78 is 11.2. The quantitative estimate of drug-likeness (QED) is 0.812. The van der Waals surface area contributed by atoms with E-state index in [2.05, 4.69) is 29.2 Å². The van der Waals surface area contributed by atoms with Gasteiger partial charge in [0.25, 0.3) is 0 Å². The molecule has 4 heteroatoms. The number of piperidine rings is 1. The number of methoxy groups -OCH3 is 1. The minimum absolute atomic E-state index is 0.204. The molecule has 0 radical (unpaired) electrons.